The molecule has 0 saturated carbocycles. The van der Waals surface area contributed by atoms with E-state index >= 15 is 0 Å². The van der Waals surface area contributed by atoms with E-state index < -0.39 is 12.6 Å². The summed E-state index contributed by atoms with van der Waals surface area (Å²) < 4.78 is 35.5. The number of alkyl halides is 3. The van der Waals surface area contributed by atoms with Gasteiger partial charge in [0.05, 0.1) is 0 Å². The summed E-state index contributed by atoms with van der Waals surface area (Å²) in [5.41, 5.74) is 0. The van der Waals surface area contributed by atoms with Crippen LogP contribution < -0.4 is 10.6 Å². The van der Waals surface area contributed by atoms with Crippen molar-refractivity contribution >= 4 is 5.91 Å². The molecule has 0 radical (unpaired) electrons. The van der Waals surface area contributed by atoms with Crippen LogP contribution in [0.3, 0.4) is 0 Å². The van der Waals surface area contributed by atoms with Gasteiger partial charge in [0.25, 0.3) is 0 Å². The highest BCUT2D eigenvalue weighted by atomic mass is 19.4. The fourth-order valence-electron chi connectivity index (χ4n) is 1.41. The number of rotatable bonds is 9. The van der Waals surface area contributed by atoms with Crippen molar-refractivity contribution in [1.82, 2.24) is 10.6 Å². The number of halogens is 3. The zero-order valence-electron chi connectivity index (χ0n) is 11.1. The molecular weight excluding hydrogens is 245 g/mol. The summed E-state index contributed by atoms with van der Waals surface area (Å²) in [5.74, 6) is -0.0902. The van der Waals surface area contributed by atoms with E-state index in [-0.39, 0.29) is 12.3 Å². The van der Waals surface area contributed by atoms with Crippen molar-refractivity contribution in [3.63, 3.8) is 0 Å². The van der Waals surface area contributed by atoms with Crippen molar-refractivity contribution in [2.45, 2.75) is 58.2 Å². The van der Waals surface area contributed by atoms with Gasteiger partial charge in [0.15, 0.2) is 0 Å². The molecule has 0 atom stereocenters. The third-order valence-corrected chi connectivity index (χ3v) is 2.34. The molecule has 0 unspecified atom stereocenters. The first-order valence-corrected chi connectivity index (χ1v) is 6.38. The molecule has 0 aliphatic carbocycles. The van der Waals surface area contributed by atoms with E-state index in [4.69, 9.17) is 0 Å². The normalized spacial score (nSPS) is 11.9. The van der Waals surface area contributed by atoms with Gasteiger partial charge in [-0.3, -0.25) is 4.79 Å². The van der Waals surface area contributed by atoms with Gasteiger partial charge in [-0.1, -0.05) is 13.8 Å². The van der Waals surface area contributed by atoms with Crippen LogP contribution in [-0.2, 0) is 4.79 Å². The van der Waals surface area contributed by atoms with Crippen molar-refractivity contribution in [3.05, 3.63) is 0 Å². The minimum absolute atomic E-state index is 0.0681. The molecule has 108 valence electrons. The number of amides is 1. The number of hydrogen-bond donors (Lipinski definition) is 2. The van der Waals surface area contributed by atoms with E-state index in [1.54, 1.807) is 0 Å². The number of nitrogens with one attached hydrogen (secondary N) is 2. The maximum atomic E-state index is 11.8. The fourth-order valence-corrected chi connectivity index (χ4v) is 1.41. The van der Waals surface area contributed by atoms with Crippen LogP contribution in [0.25, 0.3) is 0 Å². The lowest BCUT2D eigenvalue weighted by Gasteiger charge is -2.08. The second kappa shape index (κ2) is 9.19. The summed E-state index contributed by atoms with van der Waals surface area (Å²) in [6.07, 6.45) is -3.27. The molecule has 0 rings (SSSR count). The van der Waals surface area contributed by atoms with Gasteiger partial charge >= 0.3 is 6.18 Å². The number of carbonyl (C=O) groups excluding carboxylic acids is 1. The monoisotopic (exact) mass is 268 g/mol. The van der Waals surface area contributed by atoms with Crippen molar-refractivity contribution in [1.29, 1.82) is 0 Å². The Morgan fingerprint density at radius 1 is 1.11 bits per heavy atom. The minimum atomic E-state index is -4.09. The smallest absolute Gasteiger partial charge is 0.356 e. The van der Waals surface area contributed by atoms with Crippen LogP contribution in [0.2, 0.25) is 0 Å². The molecular formula is C12H23F3N2O. The molecule has 0 saturated heterocycles. The molecule has 0 bridgehead atoms. The van der Waals surface area contributed by atoms with Gasteiger partial charge in [0.1, 0.15) is 0 Å². The van der Waals surface area contributed by atoms with E-state index in [1.165, 1.54) is 0 Å². The number of carbonyl (C=O) groups is 1. The summed E-state index contributed by atoms with van der Waals surface area (Å²) in [6, 6.07) is 0.399. The predicted octanol–water partition coefficient (Wildman–Crippen LogP) is 2.61. The van der Waals surface area contributed by atoms with E-state index in [2.05, 4.69) is 10.6 Å². The molecule has 1 amide bonds. The van der Waals surface area contributed by atoms with Gasteiger partial charge in [-0.2, -0.15) is 13.2 Å². The maximum absolute atomic E-state index is 11.8. The first kappa shape index (κ1) is 17.2. The molecule has 0 spiro atoms. The lowest BCUT2D eigenvalue weighted by atomic mass is 10.2. The Morgan fingerprint density at radius 2 is 1.78 bits per heavy atom. The second-order valence-electron chi connectivity index (χ2n) is 4.63. The fraction of sp³-hybridized carbons (Fsp3) is 0.917. The van der Waals surface area contributed by atoms with Gasteiger partial charge in [-0.15, -0.1) is 0 Å². The molecule has 0 heterocycles. The third kappa shape index (κ3) is 13.3. The van der Waals surface area contributed by atoms with Crippen molar-refractivity contribution < 1.29 is 18.0 Å². The van der Waals surface area contributed by atoms with Crippen LogP contribution in [0, 0.1) is 0 Å². The Balaban J connectivity index is 3.32. The second-order valence-corrected chi connectivity index (χ2v) is 4.63. The zero-order chi connectivity index (χ0) is 14.0. The predicted molar refractivity (Wildman–Crippen MR) is 65.3 cm³/mol. The van der Waals surface area contributed by atoms with E-state index in [9.17, 15) is 18.0 Å². The zero-order valence-corrected chi connectivity index (χ0v) is 11.1. The average molecular weight is 268 g/mol. The van der Waals surface area contributed by atoms with Crippen LogP contribution in [0.4, 0.5) is 13.2 Å². The summed E-state index contributed by atoms with van der Waals surface area (Å²) in [5, 5.41) is 5.81. The topological polar surface area (TPSA) is 41.1 Å². The molecule has 6 heteroatoms. The summed E-state index contributed by atoms with van der Waals surface area (Å²) in [4.78, 5) is 11.3. The molecule has 18 heavy (non-hydrogen) atoms. The molecule has 2 N–H and O–H groups in total. The Labute approximate surface area is 107 Å². The van der Waals surface area contributed by atoms with Crippen LogP contribution in [0.15, 0.2) is 0 Å². The van der Waals surface area contributed by atoms with E-state index in [0.29, 0.717) is 25.4 Å². The van der Waals surface area contributed by atoms with Gasteiger partial charge in [-0.05, 0) is 25.8 Å². The first-order valence-electron chi connectivity index (χ1n) is 6.38. The van der Waals surface area contributed by atoms with E-state index in [0.717, 1.165) is 13.0 Å². The van der Waals surface area contributed by atoms with Gasteiger partial charge in [-0.25, -0.2) is 0 Å². The summed E-state index contributed by atoms with van der Waals surface area (Å²) >= 11 is 0. The van der Waals surface area contributed by atoms with Gasteiger partial charge in [0.2, 0.25) is 5.91 Å². The molecule has 3 nitrogen and oxygen atoms in total. The Hall–Kier alpha value is -0.780. The molecule has 0 aromatic carbocycles. The largest absolute Gasteiger partial charge is 0.389 e. The molecule has 0 aliphatic rings. The molecule has 0 fully saturated rings. The molecule has 0 aromatic rings. The number of hydrogen-bond acceptors (Lipinski definition) is 2. The Kier molecular flexibility index (Phi) is 8.79. The SMILES string of the molecule is CC(C)NCCCC(=O)NCCCCC(F)(F)F. The lowest BCUT2D eigenvalue weighted by Crippen LogP contribution is -2.27. The quantitative estimate of drug-likeness (QED) is 0.631. The van der Waals surface area contributed by atoms with Gasteiger partial charge in [0, 0.05) is 25.4 Å². The standard InChI is InChI=1S/C12H23F3N2O/c1-10(2)16-9-5-6-11(18)17-8-4-3-7-12(13,14)15/h10,16H,3-9H2,1-2H3,(H,17,18). The highest BCUT2D eigenvalue weighted by Crippen LogP contribution is 2.21. The van der Waals surface area contributed by atoms with Crippen LogP contribution in [-0.4, -0.2) is 31.2 Å². The Bertz CT molecular complexity index is 230. The highest BCUT2D eigenvalue weighted by Gasteiger charge is 2.25. The average Bonchev–Trinajstić information content (AvgIpc) is 2.22. The maximum Gasteiger partial charge on any atom is 0.389 e. The van der Waals surface area contributed by atoms with Crippen molar-refractivity contribution in [2.24, 2.45) is 0 Å². The number of unbranched alkanes of at least 4 members (excludes halogenated alkanes) is 1. The molecule has 0 aromatic heterocycles. The van der Waals surface area contributed by atoms with Crippen LogP contribution in [0.5, 0.6) is 0 Å². The van der Waals surface area contributed by atoms with Crippen LogP contribution >= 0.6 is 0 Å². The van der Waals surface area contributed by atoms with Crippen molar-refractivity contribution in [2.75, 3.05) is 13.1 Å². The third-order valence-electron chi connectivity index (χ3n) is 2.34. The Morgan fingerprint density at radius 3 is 2.33 bits per heavy atom. The highest BCUT2D eigenvalue weighted by molar-refractivity contribution is 5.75. The lowest BCUT2D eigenvalue weighted by molar-refractivity contribution is -0.135. The summed E-state index contributed by atoms with van der Waals surface area (Å²) in [6.45, 7) is 5.16. The first-order chi connectivity index (χ1) is 8.31. The van der Waals surface area contributed by atoms with Gasteiger partial charge < -0.3 is 10.6 Å². The van der Waals surface area contributed by atoms with Crippen LogP contribution in [0.1, 0.15) is 46.0 Å². The van der Waals surface area contributed by atoms with E-state index in [1.807, 2.05) is 13.8 Å². The minimum Gasteiger partial charge on any atom is -0.356 e. The molecule has 0 aliphatic heterocycles. The summed E-state index contributed by atoms with van der Waals surface area (Å²) in [7, 11) is 0. The van der Waals surface area contributed by atoms with Crippen molar-refractivity contribution in [3.8, 4) is 0 Å².